The zero-order valence-electron chi connectivity index (χ0n) is 18.4. The number of rotatable bonds is 7. The summed E-state index contributed by atoms with van der Waals surface area (Å²) in [5.74, 6) is -0.284. The molecule has 1 unspecified atom stereocenters. The minimum atomic E-state index is -0.359. The maximum Gasteiger partial charge on any atom is 0.234 e. The SMILES string of the molecule is CN(C(=O)C(c1ccccc1)c1ccccc1)C(CN1CC[C@H](O)C1)c1ccccc1.Cl. The van der Waals surface area contributed by atoms with Gasteiger partial charge in [0.1, 0.15) is 0 Å². The number of aliphatic hydroxyl groups is 1. The molecular weight excluding hydrogens is 420 g/mol. The average Bonchev–Trinajstić information content (AvgIpc) is 3.24. The Bertz CT molecular complexity index is 929. The van der Waals surface area contributed by atoms with Crippen molar-refractivity contribution in [2.24, 2.45) is 0 Å². The predicted molar refractivity (Wildman–Crippen MR) is 131 cm³/mol. The molecule has 4 nitrogen and oxygen atoms in total. The predicted octanol–water partition coefficient (Wildman–Crippen LogP) is 4.51. The summed E-state index contributed by atoms with van der Waals surface area (Å²) in [6.45, 7) is 2.22. The summed E-state index contributed by atoms with van der Waals surface area (Å²) in [6.07, 6.45) is 0.509. The minimum absolute atomic E-state index is 0. The highest BCUT2D eigenvalue weighted by atomic mass is 35.5. The van der Waals surface area contributed by atoms with E-state index in [4.69, 9.17) is 0 Å². The highest BCUT2D eigenvalue weighted by Gasteiger charge is 2.32. The molecule has 3 aromatic carbocycles. The lowest BCUT2D eigenvalue weighted by molar-refractivity contribution is -0.133. The van der Waals surface area contributed by atoms with Crippen molar-refractivity contribution in [3.63, 3.8) is 0 Å². The Balaban J connectivity index is 0.00000289. The molecular formula is C27H31ClN2O2. The van der Waals surface area contributed by atoms with E-state index < -0.39 is 0 Å². The Morgan fingerprint density at radius 1 is 0.906 bits per heavy atom. The molecule has 1 fully saturated rings. The van der Waals surface area contributed by atoms with Gasteiger partial charge in [0.2, 0.25) is 5.91 Å². The highest BCUT2D eigenvalue weighted by molar-refractivity contribution is 5.87. The molecule has 0 bridgehead atoms. The normalized spacial score (nSPS) is 17.0. The van der Waals surface area contributed by atoms with Crippen LogP contribution >= 0.6 is 12.4 Å². The summed E-state index contributed by atoms with van der Waals surface area (Å²) in [4.78, 5) is 18.1. The number of likely N-dealkylation sites (N-methyl/N-ethyl adjacent to an activating group) is 1. The Labute approximate surface area is 196 Å². The number of β-amino-alcohol motifs (C(OH)–C–C–N with tert-alkyl or cyclic N) is 1. The number of halogens is 1. The second-order valence-electron chi connectivity index (χ2n) is 8.33. The molecule has 1 heterocycles. The van der Waals surface area contributed by atoms with Crippen LogP contribution in [-0.4, -0.2) is 53.6 Å². The van der Waals surface area contributed by atoms with Gasteiger partial charge < -0.3 is 10.0 Å². The van der Waals surface area contributed by atoms with Gasteiger partial charge in [-0.3, -0.25) is 9.69 Å². The molecule has 0 radical (unpaired) electrons. The lowest BCUT2D eigenvalue weighted by Gasteiger charge is -2.34. The van der Waals surface area contributed by atoms with E-state index in [2.05, 4.69) is 17.0 Å². The standard InChI is InChI=1S/C27H30N2O2.ClH/c1-28(25(21-11-5-2-6-12-21)20-29-18-17-24(30)19-29)27(31)26(22-13-7-3-8-14-22)23-15-9-4-10-16-23;/h2-16,24-26,30H,17-20H2,1H3;1H/t24-,25?;/m0./s1. The Morgan fingerprint density at radius 3 is 1.81 bits per heavy atom. The maximum absolute atomic E-state index is 14.0. The van der Waals surface area contributed by atoms with Crippen molar-refractivity contribution in [2.45, 2.75) is 24.5 Å². The maximum atomic E-state index is 14.0. The van der Waals surface area contributed by atoms with Crippen molar-refractivity contribution in [3.8, 4) is 0 Å². The van der Waals surface area contributed by atoms with Crippen LogP contribution in [0.5, 0.6) is 0 Å². The number of benzene rings is 3. The van der Waals surface area contributed by atoms with Gasteiger partial charge in [-0.15, -0.1) is 12.4 Å². The number of carbonyl (C=O) groups excluding carboxylic acids is 1. The molecule has 1 N–H and O–H groups in total. The van der Waals surface area contributed by atoms with Crippen LogP contribution in [-0.2, 0) is 4.79 Å². The fourth-order valence-electron chi connectivity index (χ4n) is 4.48. The molecule has 0 spiro atoms. The quantitative estimate of drug-likeness (QED) is 0.576. The van der Waals surface area contributed by atoms with Crippen molar-refractivity contribution < 1.29 is 9.90 Å². The average molecular weight is 451 g/mol. The van der Waals surface area contributed by atoms with Gasteiger partial charge in [0.15, 0.2) is 0 Å². The first kappa shape index (κ1) is 24.0. The van der Waals surface area contributed by atoms with Gasteiger partial charge in [-0.2, -0.15) is 0 Å². The molecule has 1 amide bonds. The van der Waals surface area contributed by atoms with Crippen LogP contribution in [0.15, 0.2) is 91.0 Å². The fourth-order valence-corrected chi connectivity index (χ4v) is 4.48. The lowest BCUT2D eigenvalue weighted by Crippen LogP contribution is -2.41. The summed E-state index contributed by atoms with van der Waals surface area (Å²) in [5.41, 5.74) is 3.10. The van der Waals surface area contributed by atoms with Crippen LogP contribution in [0.25, 0.3) is 0 Å². The first-order valence-electron chi connectivity index (χ1n) is 11.0. The van der Waals surface area contributed by atoms with Crippen molar-refractivity contribution in [2.75, 3.05) is 26.7 Å². The number of likely N-dealkylation sites (tertiary alicyclic amines) is 1. The van der Waals surface area contributed by atoms with Crippen LogP contribution < -0.4 is 0 Å². The number of hydrogen-bond donors (Lipinski definition) is 1. The van der Waals surface area contributed by atoms with Gasteiger partial charge in [0.25, 0.3) is 0 Å². The summed E-state index contributed by atoms with van der Waals surface area (Å²) in [5, 5.41) is 9.99. The number of aliphatic hydroxyl groups excluding tert-OH is 1. The van der Waals surface area contributed by atoms with Crippen LogP contribution in [0.3, 0.4) is 0 Å². The van der Waals surface area contributed by atoms with Crippen molar-refractivity contribution >= 4 is 18.3 Å². The molecule has 1 aliphatic heterocycles. The Morgan fingerprint density at radius 2 is 1.38 bits per heavy atom. The topological polar surface area (TPSA) is 43.8 Å². The molecule has 4 rings (SSSR count). The molecule has 2 atom stereocenters. The summed E-state index contributed by atoms with van der Waals surface area (Å²) >= 11 is 0. The molecule has 1 saturated heterocycles. The van der Waals surface area contributed by atoms with Crippen LogP contribution in [0, 0.1) is 0 Å². The summed E-state index contributed by atoms with van der Waals surface area (Å²) in [6, 6.07) is 30.1. The second-order valence-corrected chi connectivity index (χ2v) is 8.33. The van der Waals surface area contributed by atoms with Crippen LogP contribution in [0.2, 0.25) is 0 Å². The van der Waals surface area contributed by atoms with Crippen LogP contribution in [0.4, 0.5) is 0 Å². The third kappa shape index (κ3) is 5.57. The molecule has 32 heavy (non-hydrogen) atoms. The highest BCUT2D eigenvalue weighted by Crippen LogP contribution is 2.31. The molecule has 0 aliphatic carbocycles. The zero-order chi connectivity index (χ0) is 21.6. The van der Waals surface area contributed by atoms with Gasteiger partial charge in [-0.05, 0) is 23.1 Å². The van der Waals surface area contributed by atoms with E-state index in [0.717, 1.165) is 29.7 Å². The van der Waals surface area contributed by atoms with E-state index in [1.807, 2.05) is 90.8 Å². The molecule has 3 aromatic rings. The van der Waals surface area contributed by atoms with Gasteiger partial charge >= 0.3 is 0 Å². The van der Waals surface area contributed by atoms with Gasteiger partial charge in [-0.1, -0.05) is 91.0 Å². The number of nitrogens with zero attached hydrogens (tertiary/aromatic N) is 2. The van der Waals surface area contributed by atoms with E-state index in [1.165, 1.54) is 0 Å². The van der Waals surface area contributed by atoms with E-state index in [-0.39, 0.29) is 36.4 Å². The van der Waals surface area contributed by atoms with E-state index in [1.54, 1.807) is 0 Å². The number of carbonyl (C=O) groups is 1. The van der Waals surface area contributed by atoms with Crippen molar-refractivity contribution in [1.29, 1.82) is 0 Å². The number of amides is 1. The molecule has 0 aromatic heterocycles. The number of hydrogen-bond acceptors (Lipinski definition) is 3. The van der Waals surface area contributed by atoms with E-state index >= 15 is 0 Å². The van der Waals surface area contributed by atoms with Gasteiger partial charge in [-0.25, -0.2) is 0 Å². The lowest BCUT2D eigenvalue weighted by atomic mass is 9.89. The van der Waals surface area contributed by atoms with Gasteiger partial charge in [0, 0.05) is 26.7 Å². The monoisotopic (exact) mass is 450 g/mol. The third-order valence-electron chi connectivity index (χ3n) is 6.19. The molecule has 1 aliphatic rings. The first-order valence-corrected chi connectivity index (χ1v) is 11.0. The van der Waals surface area contributed by atoms with E-state index in [0.29, 0.717) is 13.1 Å². The molecule has 0 saturated carbocycles. The van der Waals surface area contributed by atoms with E-state index in [9.17, 15) is 9.90 Å². The largest absolute Gasteiger partial charge is 0.392 e. The second kappa shape index (κ2) is 11.3. The summed E-state index contributed by atoms with van der Waals surface area (Å²) < 4.78 is 0. The smallest absolute Gasteiger partial charge is 0.234 e. The Kier molecular flexibility index (Phi) is 8.46. The van der Waals surface area contributed by atoms with Gasteiger partial charge in [0.05, 0.1) is 18.1 Å². The Hall–Kier alpha value is -2.66. The molecule has 5 heteroatoms. The molecule has 168 valence electrons. The van der Waals surface area contributed by atoms with Crippen LogP contribution in [0.1, 0.15) is 35.1 Å². The fraction of sp³-hybridized carbons (Fsp3) is 0.296. The zero-order valence-corrected chi connectivity index (χ0v) is 19.2. The third-order valence-corrected chi connectivity index (χ3v) is 6.19. The van der Waals surface area contributed by atoms with Crippen molar-refractivity contribution in [1.82, 2.24) is 9.80 Å². The minimum Gasteiger partial charge on any atom is -0.392 e. The van der Waals surface area contributed by atoms with Crippen molar-refractivity contribution in [3.05, 3.63) is 108 Å². The first-order chi connectivity index (χ1) is 15.1. The summed E-state index contributed by atoms with van der Waals surface area (Å²) in [7, 11) is 1.91.